The van der Waals surface area contributed by atoms with Crippen LogP contribution in [0.4, 0.5) is 27.9 Å². The second-order valence-corrected chi connectivity index (χ2v) is 11.6. The van der Waals surface area contributed by atoms with Gasteiger partial charge in [-0.1, -0.05) is 18.5 Å². The van der Waals surface area contributed by atoms with E-state index in [-0.39, 0.29) is 17.7 Å². The molecule has 3 fully saturated rings. The lowest BCUT2D eigenvalue weighted by atomic mass is 10.0. The quantitative estimate of drug-likeness (QED) is 0.370. The lowest BCUT2D eigenvalue weighted by Crippen LogP contribution is -2.45. The zero-order chi connectivity index (χ0) is 29.4. The van der Waals surface area contributed by atoms with Crippen molar-refractivity contribution in [3.05, 3.63) is 34.6 Å². The Bertz CT molecular complexity index is 1580. The fraction of sp³-hybridized carbons (Fsp3) is 0.500. The Morgan fingerprint density at radius 3 is 2.62 bits per heavy atom. The van der Waals surface area contributed by atoms with Crippen LogP contribution in [-0.2, 0) is 4.74 Å². The van der Waals surface area contributed by atoms with Gasteiger partial charge in [-0.2, -0.15) is 20.0 Å². The second kappa shape index (κ2) is 11.5. The van der Waals surface area contributed by atoms with E-state index < -0.39 is 6.09 Å². The van der Waals surface area contributed by atoms with Crippen molar-refractivity contribution in [2.45, 2.75) is 50.7 Å². The first-order chi connectivity index (χ1) is 20.4. The number of benzene rings is 1. The number of nitrogens with one attached hydrogen (secondary N) is 3. The van der Waals surface area contributed by atoms with Gasteiger partial charge in [-0.05, 0) is 43.7 Å². The largest absolute Gasteiger partial charge is 0.453 e. The Hall–Kier alpha value is -4.33. The number of nitriles is 2. The van der Waals surface area contributed by atoms with Gasteiger partial charge in [0.05, 0.1) is 41.3 Å². The highest BCUT2D eigenvalue weighted by Crippen LogP contribution is 2.38. The van der Waals surface area contributed by atoms with E-state index in [0.717, 1.165) is 57.5 Å². The summed E-state index contributed by atoms with van der Waals surface area (Å²) in [5.74, 6) is 1.11. The van der Waals surface area contributed by atoms with Crippen LogP contribution in [0.5, 0.6) is 0 Å². The molecule has 218 valence electrons. The Kier molecular flexibility index (Phi) is 7.62. The lowest BCUT2D eigenvalue weighted by molar-refractivity contribution is 0.163. The molecule has 3 aromatic rings. The van der Waals surface area contributed by atoms with Crippen molar-refractivity contribution in [1.82, 2.24) is 29.8 Å². The van der Waals surface area contributed by atoms with Crippen LogP contribution in [-0.4, -0.2) is 82.0 Å². The molecule has 2 atom stereocenters. The summed E-state index contributed by atoms with van der Waals surface area (Å²) in [4.78, 5) is 25.3. The number of likely N-dealkylation sites (tertiary alicyclic amines) is 1. The van der Waals surface area contributed by atoms with Gasteiger partial charge in [-0.15, -0.1) is 5.10 Å². The monoisotopic (exact) mass is 589 g/mol. The highest BCUT2D eigenvalue weighted by atomic mass is 35.5. The molecular weight excluding hydrogens is 558 g/mol. The third-order valence-electron chi connectivity index (χ3n) is 8.27. The summed E-state index contributed by atoms with van der Waals surface area (Å²) < 4.78 is 6.24. The molecule has 4 heterocycles. The fourth-order valence-electron chi connectivity index (χ4n) is 5.82. The third kappa shape index (κ3) is 5.58. The van der Waals surface area contributed by atoms with E-state index in [0.29, 0.717) is 45.7 Å². The molecule has 0 spiro atoms. The number of alkyl carbamates (subject to hydrolysis) is 1. The number of methoxy groups -OCH3 is 1. The van der Waals surface area contributed by atoms with Crippen LogP contribution >= 0.6 is 11.6 Å². The first-order valence-corrected chi connectivity index (χ1v) is 14.5. The first kappa shape index (κ1) is 27.8. The number of carbonyl (C=O) groups excluding carboxylic acids is 1. The number of carbonyl (C=O) groups is 1. The van der Waals surface area contributed by atoms with Gasteiger partial charge in [-0.25, -0.2) is 9.78 Å². The number of nitrogens with zero attached hydrogens (tertiary/aromatic N) is 8. The number of ether oxygens (including phenoxy) is 1. The predicted octanol–water partition coefficient (Wildman–Crippen LogP) is 3.48. The molecule has 1 aliphatic carbocycles. The topological polar surface area (TPSA) is 160 Å². The molecule has 0 radical (unpaired) electrons. The van der Waals surface area contributed by atoms with Crippen LogP contribution in [0.25, 0.3) is 5.65 Å². The zero-order valence-electron chi connectivity index (χ0n) is 23.5. The summed E-state index contributed by atoms with van der Waals surface area (Å²) in [6.07, 6.45) is 5.03. The van der Waals surface area contributed by atoms with Gasteiger partial charge in [0.15, 0.2) is 17.2 Å². The minimum absolute atomic E-state index is 0.0684. The molecule has 0 unspecified atom stereocenters. The molecule has 0 bridgehead atoms. The SMILES string of the molecule is COC(=O)N[C@@H]1CN(C2CCN(c3cc(C#N)cc(Nc4nc(NC5CC5)c5ncc(C#N)n5n4)c3Cl)CC2)C[C@@H]1C. The summed E-state index contributed by atoms with van der Waals surface area (Å²) in [7, 11) is 1.38. The fourth-order valence-corrected chi connectivity index (χ4v) is 6.09. The van der Waals surface area contributed by atoms with E-state index in [4.69, 9.17) is 16.3 Å². The summed E-state index contributed by atoms with van der Waals surface area (Å²) in [5, 5.41) is 33.8. The van der Waals surface area contributed by atoms with Crippen LogP contribution in [0.3, 0.4) is 0 Å². The Labute approximate surface area is 248 Å². The molecule has 2 aliphatic heterocycles. The van der Waals surface area contributed by atoms with Crippen molar-refractivity contribution in [2.24, 2.45) is 5.92 Å². The number of piperidine rings is 1. The summed E-state index contributed by atoms with van der Waals surface area (Å²) >= 11 is 6.96. The minimum atomic E-state index is -0.392. The second-order valence-electron chi connectivity index (χ2n) is 11.2. The van der Waals surface area contributed by atoms with Crippen LogP contribution < -0.4 is 20.9 Å². The number of aromatic nitrogens is 4. The molecular formula is C28H32ClN11O2. The van der Waals surface area contributed by atoms with Crippen LogP contribution in [0.1, 0.15) is 43.9 Å². The van der Waals surface area contributed by atoms with E-state index in [2.05, 4.69) is 59.9 Å². The van der Waals surface area contributed by atoms with Crippen molar-refractivity contribution in [3.63, 3.8) is 0 Å². The van der Waals surface area contributed by atoms with Crippen molar-refractivity contribution in [1.29, 1.82) is 10.5 Å². The minimum Gasteiger partial charge on any atom is -0.453 e. The van der Waals surface area contributed by atoms with Gasteiger partial charge in [0, 0.05) is 44.3 Å². The normalized spacial score (nSPS) is 21.1. The third-order valence-corrected chi connectivity index (χ3v) is 8.67. The number of rotatable bonds is 7. The van der Waals surface area contributed by atoms with E-state index in [1.165, 1.54) is 17.8 Å². The number of halogens is 1. The maximum absolute atomic E-state index is 11.7. The Morgan fingerprint density at radius 1 is 1.14 bits per heavy atom. The van der Waals surface area contributed by atoms with Gasteiger partial charge in [0.1, 0.15) is 6.07 Å². The zero-order valence-corrected chi connectivity index (χ0v) is 24.2. The summed E-state index contributed by atoms with van der Waals surface area (Å²) in [5.41, 5.74) is 2.50. The molecule has 2 saturated heterocycles. The van der Waals surface area contributed by atoms with Gasteiger partial charge >= 0.3 is 6.09 Å². The van der Waals surface area contributed by atoms with Crippen molar-refractivity contribution in [2.75, 3.05) is 48.8 Å². The number of imidazole rings is 1. The average molecular weight is 590 g/mol. The van der Waals surface area contributed by atoms with Crippen LogP contribution in [0, 0.1) is 28.6 Å². The van der Waals surface area contributed by atoms with E-state index in [9.17, 15) is 15.3 Å². The summed E-state index contributed by atoms with van der Waals surface area (Å²) in [6.45, 7) is 5.42. The maximum Gasteiger partial charge on any atom is 0.407 e. The maximum atomic E-state index is 11.7. The Morgan fingerprint density at radius 2 is 1.93 bits per heavy atom. The molecule has 13 nitrogen and oxygen atoms in total. The molecule has 1 saturated carbocycles. The molecule has 14 heteroatoms. The van der Waals surface area contributed by atoms with E-state index >= 15 is 0 Å². The molecule has 2 aromatic heterocycles. The number of amides is 1. The number of anilines is 4. The average Bonchev–Trinajstić information content (AvgIpc) is 3.60. The van der Waals surface area contributed by atoms with Gasteiger partial charge in [0.25, 0.3) is 0 Å². The predicted molar refractivity (Wildman–Crippen MR) is 157 cm³/mol. The van der Waals surface area contributed by atoms with Gasteiger partial charge in [0.2, 0.25) is 5.95 Å². The lowest BCUT2D eigenvalue weighted by Gasteiger charge is -2.38. The van der Waals surface area contributed by atoms with E-state index in [1.54, 1.807) is 6.07 Å². The molecule has 42 heavy (non-hydrogen) atoms. The van der Waals surface area contributed by atoms with Gasteiger partial charge < -0.3 is 25.6 Å². The highest BCUT2D eigenvalue weighted by Gasteiger charge is 2.36. The first-order valence-electron chi connectivity index (χ1n) is 14.1. The number of hydrogen-bond acceptors (Lipinski definition) is 11. The number of hydrogen-bond donors (Lipinski definition) is 3. The molecule has 1 amide bonds. The molecule has 1 aromatic carbocycles. The van der Waals surface area contributed by atoms with Crippen molar-refractivity contribution >= 4 is 46.5 Å². The molecule has 3 aliphatic rings. The van der Waals surface area contributed by atoms with Crippen LogP contribution in [0.2, 0.25) is 5.02 Å². The van der Waals surface area contributed by atoms with Gasteiger partial charge in [-0.3, -0.25) is 4.90 Å². The van der Waals surface area contributed by atoms with E-state index in [1.807, 2.05) is 6.07 Å². The number of fused-ring (bicyclic) bond motifs is 1. The standard InChI is InChI=1S/C28H32ClN11O2/c1-16-14-39(15-22(16)35-28(41)42-2)19-5-7-38(8-6-19)23-10-17(11-30)9-21(24(23)29)34-27-36-25(33-18-3-4-18)26-32-13-20(12-31)40(26)37-27/h9-10,13,16,18-19,22H,3-8,14-15H2,1-2H3,(H,35,41)(H2,33,34,36,37)/t16-,22+/m0/s1. The summed E-state index contributed by atoms with van der Waals surface area (Å²) in [6, 6.07) is 8.63. The smallest absolute Gasteiger partial charge is 0.407 e. The van der Waals surface area contributed by atoms with Crippen molar-refractivity contribution < 1.29 is 9.53 Å². The molecule has 6 rings (SSSR count). The highest BCUT2D eigenvalue weighted by molar-refractivity contribution is 6.36. The van der Waals surface area contributed by atoms with Crippen LogP contribution in [0.15, 0.2) is 18.3 Å². The molecule has 3 N–H and O–H groups in total. The van der Waals surface area contributed by atoms with Crippen molar-refractivity contribution in [3.8, 4) is 12.1 Å². The Balaban J connectivity index is 1.20.